The first-order valence-electron chi connectivity index (χ1n) is 13.5. The van der Waals surface area contributed by atoms with Crippen LogP contribution in [0.5, 0.6) is 0 Å². The van der Waals surface area contributed by atoms with Gasteiger partial charge in [0.1, 0.15) is 5.60 Å². The molecule has 0 aromatic heterocycles. The van der Waals surface area contributed by atoms with Gasteiger partial charge in [-0.3, -0.25) is 4.79 Å². The highest BCUT2D eigenvalue weighted by atomic mass is 16.6. The van der Waals surface area contributed by atoms with E-state index in [-0.39, 0.29) is 41.0 Å². The number of hydrogen-bond donors (Lipinski definition) is 3. The Kier molecular flexibility index (Phi) is 6.77. The second kappa shape index (κ2) is 8.78. The Hall–Kier alpha value is -0.650. The van der Waals surface area contributed by atoms with Gasteiger partial charge in [-0.2, -0.15) is 0 Å². The van der Waals surface area contributed by atoms with Crippen LogP contribution in [0.25, 0.3) is 0 Å². The summed E-state index contributed by atoms with van der Waals surface area (Å²) in [6.45, 7) is 12.6. The van der Waals surface area contributed by atoms with Crippen LogP contribution in [0.3, 0.4) is 0 Å². The van der Waals surface area contributed by atoms with Gasteiger partial charge in [0, 0.05) is 6.42 Å². The van der Waals surface area contributed by atoms with Crippen LogP contribution in [0.15, 0.2) is 0 Å². The Morgan fingerprint density at radius 3 is 2.39 bits per heavy atom. The molecular weight excluding hydrogens is 416 g/mol. The van der Waals surface area contributed by atoms with Gasteiger partial charge in [0.25, 0.3) is 0 Å². The zero-order chi connectivity index (χ0) is 24.3. The Labute approximate surface area is 200 Å². The average Bonchev–Trinajstić information content (AvgIpc) is 3.06. The second-order valence-corrected chi connectivity index (χ2v) is 13.6. The van der Waals surface area contributed by atoms with Crippen molar-refractivity contribution in [2.24, 2.45) is 46.3 Å². The van der Waals surface area contributed by atoms with Crippen molar-refractivity contribution in [3.8, 4) is 0 Å². The minimum Gasteiger partial charge on any atom is -0.460 e. The molecule has 4 saturated carbocycles. The van der Waals surface area contributed by atoms with Gasteiger partial charge in [-0.25, -0.2) is 0 Å². The number of esters is 1. The van der Waals surface area contributed by atoms with Gasteiger partial charge in [0.05, 0.1) is 18.3 Å². The summed E-state index contributed by atoms with van der Waals surface area (Å²) in [6, 6.07) is 0. The Balaban J connectivity index is 1.50. The van der Waals surface area contributed by atoms with Crippen LogP contribution in [0.4, 0.5) is 0 Å². The molecule has 4 fully saturated rings. The van der Waals surface area contributed by atoms with E-state index in [1.165, 1.54) is 0 Å². The molecular formula is C28H48O5. The summed E-state index contributed by atoms with van der Waals surface area (Å²) >= 11 is 0. The van der Waals surface area contributed by atoms with Crippen molar-refractivity contribution in [3.05, 3.63) is 0 Å². The molecule has 0 heterocycles. The van der Waals surface area contributed by atoms with E-state index in [0.717, 1.165) is 51.4 Å². The number of ether oxygens (including phenoxy) is 1. The topological polar surface area (TPSA) is 87.0 Å². The molecule has 0 saturated heterocycles. The molecule has 0 radical (unpaired) electrons. The number of aliphatic hydroxyl groups excluding tert-OH is 3. The van der Waals surface area contributed by atoms with Crippen molar-refractivity contribution in [1.82, 2.24) is 0 Å². The normalized spacial score (nSPS) is 48.4. The minimum absolute atomic E-state index is 0.103. The molecule has 0 aliphatic heterocycles. The SMILES string of the molecule is C[C@H](CCC(=O)OC(C)(C)C)[C@H]1CCC2[C@@H]3[C@H](O)C[C@@H]4C[C@H](O)CC[C@]4(C)[C@H]3CC(O)[C@@]21C. The zero-order valence-electron chi connectivity index (χ0n) is 21.7. The van der Waals surface area contributed by atoms with Gasteiger partial charge in [-0.05, 0) is 118 Å². The van der Waals surface area contributed by atoms with Crippen LogP contribution in [0, 0.1) is 46.3 Å². The molecule has 0 aromatic carbocycles. The molecule has 0 amide bonds. The summed E-state index contributed by atoms with van der Waals surface area (Å²) in [6.07, 6.45) is 6.52. The van der Waals surface area contributed by atoms with Gasteiger partial charge in [0.2, 0.25) is 0 Å². The van der Waals surface area contributed by atoms with E-state index in [1.54, 1.807) is 0 Å². The van der Waals surface area contributed by atoms with Crippen LogP contribution in [0.2, 0.25) is 0 Å². The Morgan fingerprint density at radius 2 is 1.73 bits per heavy atom. The molecule has 0 bridgehead atoms. The fourth-order valence-corrected chi connectivity index (χ4v) is 9.07. The fourth-order valence-electron chi connectivity index (χ4n) is 9.07. The summed E-state index contributed by atoms with van der Waals surface area (Å²) in [7, 11) is 0. The van der Waals surface area contributed by atoms with E-state index in [2.05, 4.69) is 20.8 Å². The van der Waals surface area contributed by atoms with E-state index >= 15 is 0 Å². The number of fused-ring (bicyclic) bond motifs is 5. The maximum Gasteiger partial charge on any atom is 0.306 e. The molecule has 0 spiro atoms. The molecule has 33 heavy (non-hydrogen) atoms. The molecule has 3 N–H and O–H groups in total. The third-order valence-corrected chi connectivity index (χ3v) is 10.7. The lowest BCUT2D eigenvalue weighted by Gasteiger charge is -2.63. The molecule has 0 aromatic rings. The van der Waals surface area contributed by atoms with Crippen molar-refractivity contribution in [3.63, 3.8) is 0 Å². The lowest BCUT2D eigenvalue weighted by atomic mass is 9.43. The second-order valence-electron chi connectivity index (χ2n) is 13.6. The summed E-state index contributed by atoms with van der Waals surface area (Å²) in [5.41, 5.74) is -0.571. The Bertz CT molecular complexity index is 730. The number of hydrogen-bond acceptors (Lipinski definition) is 5. The first-order chi connectivity index (χ1) is 15.3. The standard InChI is InChI=1S/C28H48O5/c1-16(7-10-24(32)33-26(2,3)4)19-8-9-20-25-21(15-23(31)28(19,20)6)27(5)12-11-18(29)13-17(27)14-22(25)30/h16-23,25,29-31H,7-15H2,1-6H3/t16-,17+,18-,19-,20?,21+,22-,23?,25+,27+,28-/m1/s1. The molecule has 11 atom stereocenters. The van der Waals surface area contributed by atoms with Gasteiger partial charge in [-0.15, -0.1) is 0 Å². The van der Waals surface area contributed by atoms with E-state index in [1.807, 2.05) is 20.8 Å². The monoisotopic (exact) mass is 464 g/mol. The molecule has 190 valence electrons. The predicted octanol–water partition coefficient (Wildman–Crippen LogP) is 4.71. The van der Waals surface area contributed by atoms with Crippen LogP contribution in [-0.4, -0.2) is 45.2 Å². The summed E-state index contributed by atoms with van der Waals surface area (Å²) < 4.78 is 5.52. The van der Waals surface area contributed by atoms with Crippen LogP contribution >= 0.6 is 0 Å². The lowest BCUT2D eigenvalue weighted by molar-refractivity contribution is -0.207. The third-order valence-electron chi connectivity index (χ3n) is 10.7. The molecule has 5 heteroatoms. The quantitative estimate of drug-likeness (QED) is 0.525. The van der Waals surface area contributed by atoms with Crippen molar-refractivity contribution >= 4 is 5.97 Å². The first kappa shape index (κ1) is 25.4. The summed E-state index contributed by atoms with van der Waals surface area (Å²) in [4.78, 5) is 12.3. The van der Waals surface area contributed by atoms with E-state index in [9.17, 15) is 20.1 Å². The molecule has 4 aliphatic carbocycles. The highest BCUT2D eigenvalue weighted by Crippen LogP contribution is 2.68. The van der Waals surface area contributed by atoms with Gasteiger partial charge < -0.3 is 20.1 Å². The van der Waals surface area contributed by atoms with Gasteiger partial charge in [-0.1, -0.05) is 20.8 Å². The maximum absolute atomic E-state index is 12.3. The highest BCUT2D eigenvalue weighted by molar-refractivity contribution is 5.69. The fraction of sp³-hybridized carbons (Fsp3) is 0.964. The maximum atomic E-state index is 12.3. The van der Waals surface area contributed by atoms with Crippen molar-refractivity contribution in [2.75, 3.05) is 0 Å². The van der Waals surface area contributed by atoms with Crippen LogP contribution < -0.4 is 0 Å². The number of carbonyl (C=O) groups excluding carboxylic acids is 1. The molecule has 4 aliphatic rings. The third kappa shape index (κ3) is 4.40. The van der Waals surface area contributed by atoms with Crippen LogP contribution in [-0.2, 0) is 9.53 Å². The smallest absolute Gasteiger partial charge is 0.306 e. The summed E-state index contributed by atoms with van der Waals surface area (Å²) in [5.74, 6) is 1.76. The average molecular weight is 465 g/mol. The van der Waals surface area contributed by atoms with E-state index in [4.69, 9.17) is 4.74 Å². The van der Waals surface area contributed by atoms with Crippen molar-refractivity contribution in [2.45, 2.75) is 123 Å². The highest BCUT2D eigenvalue weighted by Gasteiger charge is 2.65. The molecule has 2 unspecified atom stereocenters. The predicted molar refractivity (Wildman–Crippen MR) is 128 cm³/mol. The largest absolute Gasteiger partial charge is 0.460 e. The van der Waals surface area contributed by atoms with Crippen molar-refractivity contribution in [1.29, 1.82) is 0 Å². The van der Waals surface area contributed by atoms with Crippen LogP contribution in [0.1, 0.15) is 99.3 Å². The van der Waals surface area contributed by atoms with Gasteiger partial charge >= 0.3 is 5.97 Å². The zero-order valence-corrected chi connectivity index (χ0v) is 21.7. The Morgan fingerprint density at radius 1 is 1.03 bits per heavy atom. The summed E-state index contributed by atoms with van der Waals surface area (Å²) in [5, 5.41) is 33.3. The number of aliphatic hydroxyl groups is 3. The first-order valence-corrected chi connectivity index (χ1v) is 13.5. The van der Waals surface area contributed by atoms with E-state index < -0.39 is 5.60 Å². The lowest BCUT2D eigenvalue weighted by Crippen LogP contribution is -2.62. The minimum atomic E-state index is -0.459. The van der Waals surface area contributed by atoms with E-state index in [0.29, 0.717) is 36.0 Å². The number of rotatable bonds is 4. The number of carbonyl (C=O) groups is 1. The van der Waals surface area contributed by atoms with Crippen molar-refractivity contribution < 1.29 is 24.9 Å². The molecule has 4 rings (SSSR count). The molecule has 5 nitrogen and oxygen atoms in total. The van der Waals surface area contributed by atoms with Gasteiger partial charge in [0.15, 0.2) is 0 Å².